The lowest BCUT2D eigenvalue weighted by atomic mass is 10.1. The van der Waals surface area contributed by atoms with Gasteiger partial charge in [0.2, 0.25) is 5.65 Å². The Morgan fingerprint density at radius 3 is 3.11 bits per heavy atom. The number of hydrogen-bond donors (Lipinski definition) is 2. The Balaban J connectivity index is 1.78. The van der Waals surface area contributed by atoms with Crippen LogP contribution >= 0.6 is 0 Å². The summed E-state index contributed by atoms with van der Waals surface area (Å²) in [4.78, 5) is 4.29. The molecule has 18 heavy (non-hydrogen) atoms. The van der Waals surface area contributed by atoms with Crippen molar-refractivity contribution in [1.29, 1.82) is 0 Å². The fourth-order valence-corrected chi connectivity index (χ4v) is 2.55. The summed E-state index contributed by atoms with van der Waals surface area (Å²) in [5.74, 6) is 1.89. The molecule has 0 amide bonds. The number of aryl methyl sites for hydroxylation is 1. The van der Waals surface area contributed by atoms with Crippen molar-refractivity contribution in [2.45, 2.75) is 32.3 Å². The second kappa shape index (κ2) is 4.53. The van der Waals surface area contributed by atoms with Gasteiger partial charge in [0, 0.05) is 24.9 Å². The smallest absolute Gasteiger partial charge is 0.203 e. The van der Waals surface area contributed by atoms with Crippen LogP contribution in [-0.4, -0.2) is 37.3 Å². The minimum atomic E-state index is -0.183. The van der Waals surface area contributed by atoms with Crippen LogP contribution in [0.15, 0.2) is 12.4 Å². The van der Waals surface area contributed by atoms with Crippen LogP contribution in [0.1, 0.15) is 25.1 Å². The predicted molar refractivity (Wildman–Crippen MR) is 67.4 cm³/mol. The van der Waals surface area contributed by atoms with Gasteiger partial charge in [-0.05, 0) is 19.8 Å². The van der Waals surface area contributed by atoms with Crippen molar-refractivity contribution >= 4 is 11.5 Å². The fourth-order valence-electron chi connectivity index (χ4n) is 2.55. The Kier molecular flexibility index (Phi) is 2.87. The summed E-state index contributed by atoms with van der Waals surface area (Å²) < 4.78 is 1.90. The molecule has 2 heterocycles. The molecule has 1 aliphatic rings. The standard InChI is InChI=1S/C12H17N5O/c1-8-15-16-12-11(13-5-6-17(8)12)14-7-9-3-2-4-10(9)18/h5-6,9-10,18H,2-4,7H2,1H3,(H,13,14). The molecule has 2 unspecified atom stereocenters. The molecule has 0 radical (unpaired) electrons. The first-order valence-corrected chi connectivity index (χ1v) is 6.34. The molecule has 2 N–H and O–H groups in total. The lowest BCUT2D eigenvalue weighted by molar-refractivity contribution is 0.138. The van der Waals surface area contributed by atoms with Crippen molar-refractivity contribution in [3.63, 3.8) is 0 Å². The zero-order valence-corrected chi connectivity index (χ0v) is 10.4. The second-order valence-electron chi connectivity index (χ2n) is 4.86. The Bertz CT molecular complexity index is 552. The summed E-state index contributed by atoms with van der Waals surface area (Å²) in [6.07, 6.45) is 6.49. The van der Waals surface area contributed by atoms with Gasteiger partial charge in [-0.1, -0.05) is 6.42 Å². The van der Waals surface area contributed by atoms with Gasteiger partial charge in [-0.2, -0.15) is 0 Å². The Labute approximate surface area is 105 Å². The van der Waals surface area contributed by atoms with Crippen LogP contribution in [0.25, 0.3) is 5.65 Å². The molecule has 0 bridgehead atoms. The number of aliphatic hydroxyl groups is 1. The summed E-state index contributed by atoms with van der Waals surface area (Å²) in [7, 11) is 0. The number of rotatable bonds is 3. The highest BCUT2D eigenvalue weighted by Gasteiger charge is 2.25. The van der Waals surface area contributed by atoms with Gasteiger partial charge in [0.1, 0.15) is 5.82 Å². The Hall–Kier alpha value is -1.69. The van der Waals surface area contributed by atoms with Crippen molar-refractivity contribution in [1.82, 2.24) is 19.6 Å². The third kappa shape index (κ3) is 1.92. The maximum atomic E-state index is 9.79. The van der Waals surface area contributed by atoms with Crippen molar-refractivity contribution in [2.75, 3.05) is 11.9 Å². The molecule has 6 nitrogen and oxygen atoms in total. The van der Waals surface area contributed by atoms with Gasteiger partial charge in [-0.15, -0.1) is 10.2 Å². The average molecular weight is 247 g/mol. The van der Waals surface area contributed by atoms with E-state index in [2.05, 4.69) is 20.5 Å². The van der Waals surface area contributed by atoms with Crippen molar-refractivity contribution in [3.8, 4) is 0 Å². The van der Waals surface area contributed by atoms with Gasteiger partial charge >= 0.3 is 0 Å². The molecule has 2 atom stereocenters. The normalized spacial score (nSPS) is 23.7. The van der Waals surface area contributed by atoms with Gasteiger partial charge in [0.15, 0.2) is 5.82 Å². The van der Waals surface area contributed by atoms with E-state index in [9.17, 15) is 5.11 Å². The topological polar surface area (TPSA) is 75.3 Å². The third-order valence-corrected chi connectivity index (χ3v) is 3.65. The maximum Gasteiger partial charge on any atom is 0.203 e. The van der Waals surface area contributed by atoms with E-state index in [1.165, 1.54) is 0 Å². The number of nitrogens with one attached hydrogen (secondary N) is 1. The molecular weight excluding hydrogens is 230 g/mol. The molecule has 1 saturated carbocycles. The van der Waals surface area contributed by atoms with Crippen LogP contribution < -0.4 is 5.32 Å². The van der Waals surface area contributed by atoms with Crippen LogP contribution in [0.5, 0.6) is 0 Å². The number of aromatic nitrogens is 4. The van der Waals surface area contributed by atoms with Crippen molar-refractivity contribution in [2.24, 2.45) is 5.92 Å². The van der Waals surface area contributed by atoms with E-state index in [-0.39, 0.29) is 6.10 Å². The van der Waals surface area contributed by atoms with E-state index >= 15 is 0 Å². The molecule has 2 aromatic heterocycles. The highest BCUT2D eigenvalue weighted by Crippen LogP contribution is 2.25. The van der Waals surface area contributed by atoms with E-state index in [0.717, 1.165) is 43.1 Å². The lowest BCUT2D eigenvalue weighted by Crippen LogP contribution is -2.22. The summed E-state index contributed by atoms with van der Waals surface area (Å²) >= 11 is 0. The molecule has 3 rings (SSSR count). The quantitative estimate of drug-likeness (QED) is 0.846. The molecule has 6 heteroatoms. The number of nitrogens with zero attached hydrogens (tertiary/aromatic N) is 4. The zero-order valence-electron chi connectivity index (χ0n) is 10.4. The van der Waals surface area contributed by atoms with Gasteiger partial charge in [0.05, 0.1) is 6.10 Å². The summed E-state index contributed by atoms with van der Waals surface area (Å²) in [6, 6.07) is 0. The molecule has 1 fully saturated rings. The largest absolute Gasteiger partial charge is 0.393 e. The molecular formula is C12H17N5O. The van der Waals surface area contributed by atoms with E-state index in [4.69, 9.17) is 0 Å². The van der Waals surface area contributed by atoms with Gasteiger partial charge in [-0.25, -0.2) is 4.98 Å². The lowest BCUT2D eigenvalue weighted by Gasteiger charge is -2.15. The van der Waals surface area contributed by atoms with E-state index < -0.39 is 0 Å². The summed E-state index contributed by atoms with van der Waals surface area (Å²) in [5, 5.41) is 21.2. The SMILES string of the molecule is Cc1nnc2c(NCC3CCCC3O)nccn12. The first kappa shape index (κ1) is 11.4. The van der Waals surface area contributed by atoms with Gasteiger partial charge < -0.3 is 10.4 Å². The van der Waals surface area contributed by atoms with Crippen molar-refractivity contribution < 1.29 is 5.11 Å². The first-order chi connectivity index (χ1) is 8.75. The third-order valence-electron chi connectivity index (χ3n) is 3.65. The second-order valence-corrected chi connectivity index (χ2v) is 4.86. The number of hydrogen-bond acceptors (Lipinski definition) is 5. The predicted octanol–water partition coefficient (Wildman–Crippen LogP) is 1.01. The minimum absolute atomic E-state index is 0.183. The summed E-state index contributed by atoms with van der Waals surface area (Å²) in [5.41, 5.74) is 0.738. The molecule has 0 aromatic carbocycles. The van der Waals surface area contributed by atoms with E-state index in [1.54, 1.807) is 6.20 Å². The minimum Gasteiger partial charge on any atom is -0.393 e. The Morgan fingerprint density at radius 1 is 1.44 bits per heavy atom. The number of aliphatic hydroxyl groups excluding tert-OH is 1. The number of anilines is 1. The van der Waals surface area contributed by atoms with Crippen LogP contribution in [-0.2, 0) is 0 Å². The fraction of sp³-hybridized carbons (Fsp3) is 0.583. The van der Waals surface area contributed by atoms with Gasteiger partial charge in [0.25, 0.3) is 0 Å². The number of fused-ring (bicyclic) bond motifs is 1. The van der Waals surface area contributed by atoms with Crippen LogP contribution in [0, 0.1) is 12.8 Å². The van der Waals surface area contributed by atoms with Crippen molar-refractivity contribution in [3.05, 3.63) is 18.2 Å². The van der Waals surface area contributed by atoms with E-state index in [1.807, 2.05) is 17.5 Å². The monoisotopic (exact) mass is 247 g/mol. The maximum absolute atomic E-state index is 9.79. The first-order valence-electron chi connectivity index (χ1n) is 6.34. The molecule has 1 aliphatic carbocycles. The van der Waals surface area contributed by atoms with Gasteiger partial charge in [-0.3, -0.25) is 4.40 Å². The summed E-state index contributed by atoms with van der Waals surface area (Å²) in [6.45, 7) is 2.64. The molecule has 0 spiro atoms. The highest BCUT2D eigenvalue weighted by atomic mass is 16.3. The van der Waals surface area contributed by atoms with Crippen LogP contribution in [0.3, 0.4) is 0 Å². The molecule has 2 aromatic rings. The molecule has 96 valence electrons. The highest BCUT2D eigenvalue weighted by molar-refractivity contribution is 5.61. The van der Waals surface area contributed by atoms with Crippen LogP contribution in [0.4, 0.5) is 5.82 Å². The zero-order chi connectivity index (χ0) is 12.5. The van der Waals surface area contributed by atoms with E-state index in [0.29, 0.717) is 5.92 Å². The van der Waals surface area contributed by atoms with Crippen LogP contribution in [0.2, 0.25) is 0 Å². The average Bonchev–Trinajstić information content (AvgIpc) is 2.95. The molecule has 0 saturated heterocycles. The Morgan fingerprint density at radius 2 is 2.33 bits per heavy atom. The molecule has 0 aliphatic heterocycles.